The maximum atomic E-state index is 12.9. The van der Waals surface area contributed by atoms with Gasteiger partial charge in [-0.1, -0.05) is 64.7 Å². The summed E-state index contributed by atoms with van der Waals surface area (Å²) in [6, 6.07) is 0.311. The average Bonchev–Trinajstić information content (AvgIpc) is 2.86. The summed E-state index contributed by atoms with van der Waals surface area (Å²) in [7, 11) is 0. The van der Waals surface area contributed by atoms with Gasteiger partial charge in [-0.05, 0) is 61.8 Å². The third-order valence-electron chi connectivity index (χ3n) is 8.69. The lowest BCUT2D eigenvalue weighted by molar-refractivity contribution is -0.138. The molecule has 10 nitrogen and oxygen atoms in total. The van der Waals surface area contributed by atoms with Gasteiger partial charge in [-0.3, -0.25) is 0 Å². The molecule has 3 aliphatic rings. The molecule has 0 spiro atoms. The van der Waals surface area contributed by atoms with E-state index in [2.05, 4.69) is 82.9 Å². The van der Waals surface area contributed by atoms with E-state index in [1.165, 1.54) is 62.5 Å². The first-order valence-electron chi connectivity index (χ1n) is 17.5. The first-order valence-corrected chi connectivity index (χ1v) is 17.5. The lowest BCUT2D eigenvalue weighted by Crippen LogP contribution is -2.60. The van der Waals surface area contributed by atoms with Crippen LogP contribution in [0.15, 0.2) is 21.9 Å². The average molecular weight is 633 g/mol. The molecular formula is C35H64N6O4. The van der Waals surface area contributed by atoms with Gasteiger partial charge in [-0.15, -0.1) is 4.99 Å². The molecule has 0 aromatic rings. The monoisotopic (exact) mass is 632 g/mol. The predicted octanol–water partition coefficient (Wildman–Crippen LogP) is 6.84. The SMILES string of the molecule is CCCCCCCCCCCCOC(=O)C=C1N=C(OC2CC(C)(C)NC(C)(C)C2)N=C(OC2CC(C)(C)NC(C)(C)C2)N1N. The van der Waals surface area contributed by atoms with E-state index in [0.717, 1.165) is 38.5 Å². The van der Waals surface area contributed by atoms with E-state index in [1.807, 2.05) is 0 Å². The van der Waals surface area contributed by atoms with Gasteiger partial charge >= 0.3 is 18.0 Å². The van der Waals surface area contributed by atoms with Crippen LogP contribution in [0.1, 0.15) is 152 Å². The van der Waals surface area contributed by atoms with Crippen molar-refractivity contribution in [1.82, 2.24) is 15.6 Å². The second-order valence-electron chi connectivity index (χ2n) is 16.1. The lowest BCUT2D eigenvalue weighted by atomic mass is 9.81. The van der Waals surface area contributed by atoms with Gasteiger partial charge in [0.2, 0.25) is 0 Å². The zero-order valence-electron chi connectivity index (χ0n) is 29.9. The van der Waals surface area contributed by atoms with Crippen LogP contribution in [-0.2, 0) is 19.0 Å². The number of rotatable bonds is 14. The Bertz CT molecular complexity index is 1030. The zero-order valence-corrected chi connectivity index (χ0v) is 29.9. The Morgan fingerprint density at radius 2 is 1.20 bits per heavy atom. The van der Waals surface area contributed by atoms with Crippen molar-refractivity contribution in [2.75, 3.05) is 6.61 Å². The largest absolute Gasteiger partial charge is 0.462 e. The summed E-state index contributed by atoms with van der Waals surface area (Å²) in [4.78, 5) is 22.0. The Morgan fingerprint density at radius 3 is 1.69 bits per heavy atom. The molecule has 2 fully saturated rings. The highest BCUT2D eigenvalue weighted by molar-refractivity contribution is 5.94. The van der Waals surface area contributed by atoms with Gasteiger partial charge < -0.3 is 24.8 Å². The van der Waals surface area contributed by atoms with Crippen LogP contribution in [0, 0.1) is 0 Å². The van der Waals surface area contributed by atoms with Crippen molar-refractivity contribution in [3.63, 3.8) is 0 Å². The fraction of sp³-hybridized carbons (Fsp3) is 0.857. The molecule has 2 saturated heterocycles. The fourth-order valence-electron chi connectivity index (χ4n) is 7.48. The molecule has 0 radical (unpaired) electrons. The van der Waals surface area contributed by atoms with Crippen molar-refractivity contribution in [2.45, 2.75) is 187 Å². The standard InChI is InChI=1S/C35H64N6O4/c1-10-11-12-13-14-15-16-17-18-19-20-43-29(42)21-28-37-30(44-26-22-32(2,3)39-33(4,5)23-26)38-31(41(28)36)45-27-24-34(6,7)40-35(8,9)25-27/h21,26-27,39-40H,10-20,22-25,36H2,1-9H3. The molecular weight excluding hydrogens is 568 g/mol. The van der Waals surface area contributed by atoms with Gasteiger partial charge in [0.25, 0.3) is 0 Å². The minimum absolute atomic E-state index is 0.117. The molecule has 0 unspecified atom stereocenters. The second kappa shape index (κ2) is 16.1. The van der Waals surface area contributed by atoms with Gasteiger partial charge in [-0.25, -0.2) is 15.6 Å². The van der Waals surface area contributed by atoms with E-state index in [9.17, 15) is 4.79 Å². The van der Waals surface area contributed by atoms with E-state index >= 15 is 0 Å². The molecule has 0 aromatic heterocycles. The summed E-state index contributed by atoms with van der Waals surface area (Å²) in [6.45, 7) is 20.0. The molecule has 45 heavy (non-hydrogen) atoms. The number of hydrogen-bond donors (Lipinski definition) is 3. The van der Waals surface area contributed by atoms with Gasteiger partial charge in [0.1, 0.15) is 12.2 Å². The number of nitrogens with zero attached hydrogens (tertiary/aromatic N) is 3. The smallest absolute Gasteiger partial charge is 0.334 e. The van der Waals surface area contributed by atoms with Crippen molar-refractivity contribution >= 4 is 18.0 Å². The summed E-state index contributed by atoms with van der Waals surface area (Å²) in [5.74, 6) is 6.17. The number of piperidine rings is 2. The number of carbonyl (C=O) groups excluding carboxylic acids is 1. The first kappa shape index (κ1) is 37.3. The third-order valence-corrected chi connectivity index (χ3v) is 8.69. The normalized spacial score (nSPS) is 23.8. The highest BCUT2D eigenvalue weighted by Gasteiger charge is 2.42. The fourth-order valence-corrected chi connectivity index (χ4v) is 7.48. The van der Waals surface area contributed by atoms with Crippen molar-refractivity contribution < 1.29 is 19.0 Å². The third kappa shape index (κ3) is 13.2. The Labute approximate surface area is 273 Å². The van der Waals surface area contributed by atoms with Crippen molar-refractivity contribution in [1.29, 1.82) is 0 Å². The van der Waals surface area contributed by atoms with Crippen LogP contribution in [0.5, 0.6) is 0 Å². The van der Waals surface area contributed by atoms with E-state index < -0.39 is 5.97 Å². The van der Waals surface area contributed by atoms with Gasteiger partial charge in [-0.2, -0.15) is 4.99 Å². The number of nitrogens with two attached hydrogens (primary N) is 1. The number of esters is 1. The van der Waals surface area contributed by atoms with E-state index in [-0.39, 0.29) is 52.2 Å². The number of hydrogen-bond acceptors (Lipinski definition) is 10. The van der Waals surface area contributed by atoms with Crippen LogP contribution in [0.4, 0.5) is 0 Å². The minimum Gasteiger partial charge on any atom is -0.462 e. The van der Waals surface area contributed by atoms with E-state index in [4.69, 9.17) is 20.1 Å². The van der Waals surface area contributed by atoms with Crippen LogP contribution in [0.2, 0.25) is 0 Å². The number of carbonyl (C=O) groups is 1. The summed E-state index contributed by atoms with van der Waals surface area (Å²) >= 11 is 0. The molecule has 3 heterocycles. The highest BCUT2D eigenvalue weighted by Crippen LogP contribution is 2.33. The maximum Gasteiger partial charge on any atom is 0.334 e. The number of hydrazine groups is 1. The Hall–Kier alpha value is -2.17. The topological polar surface area (TPSA) is 123 Å². The summed E-state index contributed by atoms with van der Waals surface area (Å²) in [5, 5.41) is 8.59. The van der Waals surface area contributed by atoms with Crippen LogP contribution < -0.4 is 16.5 Å². The Balaban J connectivity index is 1.64. The molecule has 10 heteroatoms. The van der Waals surface area contributed by atoms with E-state index in [1.54, 1.807) is 0 Å². The number of aliphatic imine (C=N–C) groups is 2. The molecule has 4 N–H and O–H groups in total. The molecule has 0 saturated carbocycles. The predicted molar refractivity (Wildman–Crippen MR) is 183 cm³/mol. The molecule has 0 aliphatic carbocycles. The summed E-state index contributed by atoms with van der Waals surface area (Å²) in [6.07, 6.45) is 16.4. The van der Waals surface area contributed by atoms with Gasteiger partial charge in [0, 0.05) is 47.8 Å². The van der Waals surface area contributed by atoms with Crippen molar-refractivity contribution in [3.8, 4) is 0 Å². The first-order chi connectivity index (χ1) is 21.0. The minimum atomic E-state index is -0.492. The maximum absolute atomic E-state index is 12.9. The van der Waals surface area contributed by atoms with Crippen LogP contribution >= 0.6 is 0 Å². The lowest BCUT2D eigenvalue weighted by Gasteiger charge is -2.46. The number of unbranched alkanes of at least 4 members (excludes halogenated alkanes) is 9. The molecule has 3 rings (SSSR count). The number of nitrogens with one attached hydrogen (secondary N) is 2. The quantitative estimate of drug-likeness (QED) is 0.0823. The van der Waals surface area contributed by atoms with Crippen LogP contribution in [0.25, 0.3) is 0 Å². The molecule has 0 aromatic carbocycles. The van der Waals surface area contributed by atoms with Crippen molar-refractivity contribution in [2.24, 2.45) is 15.8 Å². The van der Waals surface area contributed by atoms with Crippen molar-refractivity contribution in [3.05, 3.63) is 11.9 Å². The molecule has 3 aliphatic heterocycles. The summed E-state index contributed by atoms with van der Waals surface area (Å²) < 4.78 is 18.4. The molecule has 258 valence electrons. The second-order valence-corrected chi connectivity index (χ2v) is 16.1. The van der Waals surface area contributed by atoms with Crippen LogP contribution in [-0.4, -0.2) is 64.0 Å². The van der Waals surface area contributed by atoms with Gasteiger partial charge in [0.15, 0.2) is 5.82 Å². The molecule has 0 bridgehead atoms. The Kier molecular flexibility index (Phi) is 13.3. The van der Waals surface area contributed by atoms with Crippen LogP contribution in [0.3, 0.4) is 0 Å². The number of ether oxygens (including phenoxy) is 3. The molecule has 0 amide bonds. The molecule has 0 atom stereocenters. The zero-order chi connectivity index (χ0) is 33.3. The van der Waals surface area contributed by atoms with Gasteiger partial charge in [0.05, 0.1) is 12.7 Å². The number of amidine groups is 2. The Morgan fingerprint density at radius 1 is 0.756 bits per heavy atom. The highest BCUT2D eigenvalue weighted by atomic mass is 16.5. The summed E-state index contributed by atoms with van der Waals surface area (Å²) in [5.41, 5.74) is -0.488. The van der Waals surface area contributed by atoms with E-state index in [0.29, 0.717) is 6.61 Å².